The van der Waals surface area contributed by atoms with Crippen molar-refractivity contribution in [2.75, 3.05) is 39.0 Å². The van der Waals surface area contributed by atoms with E-state index in [0.29, 0.717) is 18.7 Å². The number of aromatic amines is 1. The Morgan fingerprint density at radius 3 is 2.42 bits per heavy atom. The zero-order valence-electron chi connectivity index (χ0n) is 11.5. The SMILES string of the molecule is CCn1c(N)c(CN2CCN(C)CC2)c(=O)[nH]c1=O. The minimum absolute atomic E-state index is 0.287. The normalized spacial score (nSPS) is 17.8. The van der Waals surface area contributed by atoms with E-state index in [1.807, 2.05) is 6.92 Å². The topological polar surface area (TPSA) is 87.4 Å². The van der Waals surface area contributed by atoms with E-state index in [4.69, 9.17) is 5.73 Å². The minimum Gasteiger partial charge on any atom is -0.385 e. The van der Waals surface area contributed by atoms with E-state index in [2.05, 4.69) is 21.8 Å². The first-order chi connectivity index (χ1) is 9.02. The highest BCUT2D eigenvalue weighted by Gasteiger charge is 2.18. The number of hydrogen-bond donors (Lipinski definition) is 2. The Morgan fingerprint density at radius 1 is 1.21 bits per heavy atom. The molecule has 0 aliphatic carbocycles. The lowest BCUT2D eigenvalue weighted by molar-refractivity contribution is 0.147. The van der Waals surface area contributed by atoms with Crippen molar-refractivity contribution in [3.05, 3.63) is 26.4 Å². The maximum absolute atomic E-state index is 11.9. The first-order valence-electron chi connectivity index (χ1n) is 6.55. The van der Waals surface area contributed by atoms with Crippen LogP contribution in [0.5, 0.6) is 0 Å². The Kier molecular flexibility index (Phi) is 4.06. The molecule has 0 unspecified atom stereocenters. The maximum atomic E-state index is 11.9. The van der Waals surface area contributed by atoms with Gasteiger partial charge in [0.25, 0.3) is 5.56 Å². The molecule has 1 aromatic rings. The van der Waals surface area contributed by atoms with Crippen LogP contribution in [0.2, 0.25) is 0 Å². The Bertz CT molecular complexity index is 554. The summed E-state index contributed by atoms with van der Waals surface area (Å²) in [6.45, 7) is 6.54. The summed E-state index contributed by atoms with van der Waals surface area (Å²) in [6, 6.07) is 0. The summed E-state index contributed by atoms with van der Waals surface area (Å²) in [4.78, 5) is 30.2. The quantitative estimate of drug-likeness (QED) is 0.725. The number of likely N-dealkylation sites (N-methyl/N-ethyl adjacent to an activating group) is 1. The number of rotatable bonds is 3. The highest BCUT2D eigenvalue weighted by atomic mass is 16.2. The number of nitrogens with one attached hydrogen (secondary N) is 1. The third-order valence-electron chi connectivity index (χ3n) is 3.63. The smallest absolute Gasteiger partial charge is 0.329 e. The van der Waals surface area contributed by atoms with Crippen LogP contribution in [0.1, 0.15) is 12.5 Å². The molecule has 0 bridgehead atoms. The van der Waals surface area contributed by atoms with Crippen LogP contribution in [0.4, 0.5) is 5.82 Å². The number of anilines is 1. The van der Waals surface area contributed by atoms with Gasteiger partial charge >= 0.3 is 5.69 Å². The van der Waals surface area contributed by atoms with Gasteiger partial charge in [-0.2, -0.15) is 0 Å². The van der Waals surface area contributed by atoms with Gasteiger partial charge in [0.05, 0.1) is 5.56 Å². The van der Waals surface area contributed by atoms with Crippen molar-refractivity contribution in [1.82, 2.24) is 19.4 Å². The Balaban J connectivity index is 2.25. The van der Waals surface area contributed by atoms with Gasteiger partial charge in [-0.15, -0.1) is 0 Å². The van der Waals surface area contributed by atoms with Crippen LogP contribution >= 0.6 is 0 Å². The van der Waals surface area contributed by atoms with Gasteiger partial charge in [0.1, 0.15) is 5.82 Å². The molecule has 0 amide bonds. The second-order valence-corrected chi connectivity index (χ2v) is 4.95. The van der Waals surface area contributed by atoms with E-state index in [1.165, 1.54) is 4.57 Å². The lowest BCUT2D eigenvalue weighted by atomic mass is 10.2. The monoisotopic (exact) mass is 267 g/mol. The Labute approximate surface area is 111 Å². The van der Waals surface area contributed by atoms with Crippen molar-refractivity contribution < 1.29 is 0 Å². The summed E-state index contributed by atoms with van der Waals surface area (Å²) in [6.07, 6.45) is 0. The molecular weight excluding hydrogens is 246 g/mol. The van der Waals surface area contributed by atoms with E-state index in [0.717, 1.165) is 26.2 Å². The van der Waals surface area contributed by atoms with Crippen molar-refractivity contribution in [2.24, 2.45) is 0 Å². The summed E-state index contributed by atoms with van der Waals surface area (Å²) in [5, 5.41) is 0. The summed E-state index contributed by atoms with van der Waals surface area (Å²) < 4.78 is 1.40. The molecule has 7 nitrogen and oxygen atoms in total. The molecule has 0 aromatic carbocycles. The van der Waals surface area contributed by atoms with Gasteiger partial charge in [0, 0.05) is 39.3 Å². The Morgan fingerprint density at radius 2 is 1.84 bits per heavy atom. The predicted molar refractivity (Wildman–Crippen MR) is 74.2 cm³/mol. The number of aromatic nitrogens is 2. The fourth-order valence-electron chi connectivity index (χ4n) is 2.33. The van der Waals surface area contributed by atoms with Crippen LogP contribution in [0.3, 0.4) is 0 Å². The third-order valence-corrected chi connectivity index (χ3v) is 3.63. The zero-order chi connectivity index (χ0) is 14.0. The van der Waals surface area contributed by atoms with Crippen LogP contribution in [0.15, 0.2) is 9.59 Å². The summed E-state index contributed by atoms with van der Waals surface area (Å²) in [7, 11) is 2.08. The van der Waals surface area contributed by atoms with Crippen LogP contribution in [-0.4, -0.2) is 52.6 Å². The van der Waals surface area contributed by atoms with E-state index >= 15 is 0 Å². The second kappa shape index (κ2) is 5.58. The van der Waals surface area contributed by atoms with E-state index in [1.54, 1.807) is 0 Å². The molecule has 1 aromatic heterocycles. The number of piperazine rings is 1. The van der Waals surface area contributed by atoms with Crippen molar-refractivity contribution in [2.45, 2.75) is 20.0 Å². The van der Waals surface area contributed by atoms with Crippen molar-refractivity contribution in [1.29, 1.82) is 0 Å². The van der Waals surface area contributed by atoms with Crippen LogP contribution in [0.25, 0.3) is 0 Å². The lowest BCUT2D eigenvalue weighted by Crippen LogP contribution is -2.45. The molecule has 1 aliphatic heterocycles. The molecule has 0 saturated carbocycles. The summed E-state index contributed by atoms with van der Waals surface area (Å²) >= 11 is 0. The molecule has 3 N–H and O–H groups in total. The van der Waals surface area contributed by atoms with Gasteiger partial charge in [-0.05, 0) is 14.0 Å². The van der Waals surface area contributed by atoms with Crippen LogP contribution < -0.4 is 17.0 Å². The van der Waals surface area contributed by atoms with Gasteiger partial charge < -0.3 is 10.6 Å². The molecule has 2 rings (SSSR count). The zero-order valence-corrected chi connectivity index (χ0v) is 11.5. The summed E-state index contributed by atoms with van der Waals surface area (Å²) in [5.74, 6) is 0.287. The maximum Gasteiger partial charge on any atom is 0.329 e. The Hall–Kier alpha value is -1.60. The number of H-pyrrole nitrogens is 1. The highest BCUT2D eigenvalue weighted by Crippen LogP contribution is 2.09. The predicted octanol–water partition coefficient (Wildman–Crippen LogP) is -1.11. The molecule has 1 saturated heterocycles. The fraction of sp³-hybridized carbons (Fsp3) is 0.667. The molecule has 19 heavy (non-hydrogen) atoms. The van der Waals surface area contributed by atoms with Crippen molar-refractivity contribution in [3.8, 4) is 0 Å². The second-order valence-electron chi connectivity index (χ2n) is 4.95. The van der Waals surface area contributed by atoms with E-state index in [9.17, 15) is 9.59 Å². The third kappa shape index (κ3) is 2.87. The van der Waals surface area contributed by atoms with Crippen molar-refractivity contribution in [3.63, 3.8) is 0 Å². The number of nitrogen functional groups attached to an aromatic ring is 1. The molecular formula is C12H21N5O2. The minimum atomic E-state index is -0.438. The van der Waals surface area contributed by atoms with Gasteiger partial charge in [-0.1, -0.05) is 0 Å². The molecule has 0 radical (unpaired) electrons. The standard InChI is InChI=1S/C12H21N5O2/c1-3-17-10(13)9(11(18)14-12(17)19)8-16-6-4-15(2)5-7-16/h3-8,13H2,1-2H3,(H,14,18,19). The van der Waals surface area contributed by atoms with Gasteiger partial charge in [0.2, 0.25) is 0 Å². The van der Waals surface area contributed by atoms with Crippen molar-refractivity contribution >= 4 is 5.82 Å². The van der Waals surface area contributed by atoms with Crippen LogP contribution in [0, 0.1) is 0 Å². The molecule has 106 valence electrons. The number of hydrogen-bond acceptors (Lipinski definition) is 5. The first-order valence-corrected chi connectivity index (χ1v) is 6.55. The number of nitrogens with two attached hydrogens (primary N) is 1. The lowest BCUT2D eigenvalue weighted by Gasteiger charge is -2.32. The van der Waals surface area contributed by atoms with Gasteiger partial charge in [-0.3, -0.25) is 19.2 Å². The first kappa shape index (κ1) is 13.8. The molecule has 1 fully saturated rings. The number of nitrogens with zero attached hydrogens (tertiary/aromatic N) is 3. The fourth-order valence-corrected chi connectivity index (χ4v) is 2.33. The molecule has 7 heteroatoms. The average molecular weight is 267 g/mol. The molecule has 0 atom stereocenters. The average Bonchev–Trinajstić information content (AvgIpc) is 2.37. The highest BCUT2D eigenvalue weighted by molar-refractivity contribution is 5.38. The largest absolute Gasteiger partial charge is 0.385 e. The van der Waals surface area contributed by atoms with E-state index < -0.39 is 5.69 Å². The van der Waals surface area contributed by atoms with Crippen LogP contribution in [-0.2, 0) is 13.1 Å². The molecule has 2 heterocycles. The molecule has 0 spiro atoms. The van der Waals surface area contributed by atoms with E-state index in [-0.39, 0.29) is 11.4 Å². The van der Waals surface area contributed by atoms with Gasteiger partial charge in [0.15, 0.2) is 0 Å². The molecule has 1 aliphatic rings. The van der Waals surface area contributed by atoms with Gasteiger partial charge in [-0.25, -0.2) is 4.79 Å². The summed E-state index contributed by atoms with van der Waals surface area (Å²) in [5.41, 5.74) is 5.63.